The van der Waals surface area contributed by atoms with Gasteiger partial charge in [-0.2, -0.15) is 5.26 Å². The van der Waals surface area contributed by atoms with E-state index in [9.17, 15) is 13.6 Å². The summed E-state index contributed by atoms with van der Waals surface area (Å²) >= 11 is 1.69. The van der Waals surface area contributed by atoms with Gasteiger partial charge in [0, 0.05) is 5.56 Å². The van der Waals surface area contributed by atoms with Gasteiger partial charge < -0.3 is 4.74 Å². The summed E-state index contributed by atoms with van der Waals surface area (Å²) in [5, 5.41) is 8.79. The Balaban J connectivity index is 3.10. The zero-order valence-electron chi connectivity index (χ0n) is 9.41. The van der Waals surface area contributed by atoms with E-state index in [1.54, 1.807) is 35.6 Å². The topological polar surface area (TPSA) is 63.0 Å². The van der Waals surface area contributed by atoms with Gasteiger partial charge in [-0.05, 0) is 35.6 Å². The summed E-state index contributed by atoms with van der Waals surface area (Å²) in [5.74, 6) is -0.536. The third kappa shape index (κ3) is 3.60. The second-order valence-corrected chi connectivity index (χ2v) is 4.28. The third-order valence-corrected chi connectivity index (χ3v) is 2.82. The monoisotopic (exact) mass is 366 g/mol. The molecular formula is C11H9F2IN2O2. The lowest BCUT2D eigenvalue weighted by molar-refractivity contribution is -0.142. The van der Waals surface area contributed by atoms with Crippen LogP contribution in [0, 0.1) is 15.0 Å². The fourth-order valence-corrected chi connectivity index (χ4v) is 2.06. The highest BCUT2D eigenvalue weighted by atomic mass is 127. The Morgan fingerprint density at radius 1 is 1.67 bits per heavy atom. The number of hydrogen-bond acceptors (Lipinski definition) is 4. The van der Waals surface area contributed by atoms with E-state index >= 15 is 0 Å². The Hall–Kier alpha value is -1.30. The predicted octanol–water partition coefficient (Wildman–Crippen LogP) is 2.60. The number of carbonyl (C=O) groups excluding carboxylic acids is 1. The molecule has 1 heterocycles. The maximum atomic E-state index is 12.8. The lowest BCUT2D eigenvalue weighted by atomic mass is 10.1. The molecule has 0 aliphatic carbocycles. The smallest absolute Gasteiger partial charge is 0.311 e. The molecule has 0 amide bonds. The van der Waals surface area contributed by atoms with E-state index in [-0.39, 0.29) is 28.0 Å². The van der Waals surface area contributed by atoms with Crippen LogP contribution in [0.2, 0.25) is 0 Å². The number of aromatic nitrogens is 1. The minimum absolute atomic E-state index is 0.154. The van der Waals surface area contributed by atoms with Crippen LogP contribution in [-0.4, -0.2) is 17.6 Å². The number of carbonyl (C=O) groups is 1. The van der Waals surface area contributed by atoms with E-state index < -0.39 is 18.0 Å². The van der Waals surface area contributed by atoms with E-state index in [0.29, 0.717) is 0 Å². The summed E-state index contributed by atoms with van der Waals surface area (Å²) in [6, 6.07) is 2.76. The van der Waals surface area contributed by atoms with Crippen LogP contribution in [0.15, 0.2) is 6.07 Å². The van der Waals surface area contributed by atoms with Crippen LogP contribution < -0.4 is 0 Å². The van der Waals surface area contributed by atoms with Gasteiger partial charge in [0.15, 0.2) is 0 Å². The first-order chi connectivity index (χ1) is 8.49. The Morgan fingerprint density at radius 3 is 2.83 bits per heavy atom. The number of rotatable bonds is 4. The van der Waals surface area contributed by atoms with Gasteiger partial charge in [0.2, 0.25) is 0 Å². The maximum absolute atomic E-state index is 12.8. The average Bonchev–Trinajstić information content (AvgIpc) is 2.28. The normalized spacial score (nSPS) is 10.2. The van der Waals surface area contributed by atoms with Crippen molar-refractivity contribution in [2.24, 2.45) is 0 Å². The number of nitrogens with zero attached hydrogens (tertiary/aromatic N) is 2. The summed E-state index contributed by atoms with van der Waals surface area (Å²) in [5.41, 5.74) is -0.387. The molecule has 18 heavy (non-hydrogen) atoms. The molecule has 0 aromatic carbocycles. The van der Waals surface area contributed by atoms with Gasteiger partial charge in [0.1, 0.15) is 9.77 Å². The first kappa shape index (κ1) is 14.8. The van der Waals surface area contributed by atoms with Gasteiger partial charge in [0.05, 0.1) is 24.3 Å². The highest BCUT2D eigenvalue weighted by Crippen LogP contribution is 2.26. The second-order valence-electron chi connectivity index (χ2n) is 3.26. The van der Waals surface area contributed by atoms with Gasteiger partial charge in [0.25, 0.3) is 6.43 Å². The molecule has 0 unspecified atom stereocenters. The van der Waals surface area contributed by atoms with E-state index in [2.05, 4.69) is 4.98 Å². The number of nitriles is 1. The van der Waals surface area contributed by atoms with Crippen LogP contribution in [0.3, 0.4) is 0 Å². The molecule has 0 saturated heterocycles. The van der Waals surface area contributed by atoms with Crippen LogP contribution >= 0.6 is 22.6 Å². The summed E-state index contributed by atoms with van der Waals surface area (Å²) in [6.07, 6.45) is -2.97. The zero-order chi connectivity index (χ0) is 13.7. The highest BCUT2D eigenvalue weighted by molar-refractivity contribution is 14.1. The maximum Gasteiger partial charge on any atom is 0.311 e. The Bertz CT molecular complexity index is 501. The van der Waals surface area contributed by atoms with Crippen molar-refractivity contribution in [3.05, 3.63) is 26.6 Å². The molecule has 0 aliphatic rings. The van der Waals surface area contributed by atoms with Gasteiger partial charge in [-0.3, -0.25) is 4.79 Å². The fourth-order valence-electron chi connectivity index (χ4n) is 1.32. The van der Waals surface area contributed by atoms with Gasteiger partial charge >= 0.3 is 5.97 Å². The highest BCUT2D eigenvalue weighted by Gasteiger charge is 2.19. The van der Waals surface area contributed by atoms with Crippen molar-refractivity contribution in [2.75, 3.05) is 6.61 Å². The van der Waals surface area contributed by atoms with Crippen molar-refractivity contribution in [3.8, 4) is 6.07 Å². The third-order valence-electron chi connectivity index (χ3n) is 2.04. The largest absolute Gasteiger partial charge is 0.466 e. The Kier molecular flexibility index (Phi) is 5.40. The first-order valence-corrected chi connectivity index (χ1v) is 6.10. The molecule has 1 aromatic rings. The molecule has 0 bridgehead atoms. The number of esters is 1. The molecule has 7 heteroatoms. The molecule has 4 nitrogen and oxygen atoms in total. The standard InChI is InChI=1S/C11H9F2IN2O2/c1-2-18-9(17)4-6-3-7(10(12)13)8(5-15)11(14)16-6/h3,10H,2,4H2,1H3. The molecule has 96 valence electrons. The lowest BCUT2D eigenvalue weighted by Gasteiger charge is -2.08. The molecule has 0 fully saturated rings. The number of alkyl halides is 2. The molecule has 0 atom stereocenters. The quantitative estimate of drug-likeness (QED) is 0.467. The Morgan fingerprint density at radius 2 is 2.33 bits per heavy atom. The van der Waals surface area contributed by atoms with Crippen molar-refractivity contribution in [2.45, 2.75) is 19.8 Å². The van der Waals surface area contributed by atoms with E-state index in [4.69, 9.17) is 10.00 Å². The van der Waals surface area contributed by atoms with E-state index in [1.807, 2.05) is 0 Å². The molecule has 1 aromatic heterocycles. The van der Waals surface area contributed by atoms with Crippen molar-refractivity contribution >= 4 is 28.6 Å². The summed E-state index contributed by atoms with van der Waals surface area (Å²) < 4.78 is 30.4. The number of halogens is 3. The second kappa shape index (κ2) is 6.58. The van der Waals surface area contributed by atoms with Crippen LogP contribution in [-0.2, 0) is 16.0 Å². The van der Waals surface area contributed by atoms with Gasteiger partial charge in [-0.1, -0.05) is 0 Å². The van der Waals surface area contributed by atoms with Gasteiger partial charge in [-0.15, -0.1) is 0 Å². The zero-order valence-corrected chi connectivity index (χ0v) is 11.6. The van der Waals surface area contributed by atoms with Crippen LogP contribution in [0.4, 0.5) is 8.78 Å². The average molecular weight is 366 g/mol. The van der Waals surface area contributed by atoms with Crippen molar-refractivity contribution in [1.29, 1.82) is 5.26 Å². The van der Waals surface area contributed by atoms with Gasteiger partial charge in [-0.25, -0.2) is 13.8 Å². The molecule has 0 saturated carbocycles. The lowest BCUT2D eigenvalue weighted by Crippen LogP contribution is -2.11. The number of pyridine rings is 1. The van der Waals surface area contributed by atoms with E-state index in [1.165, 1.54) is 0 Å². The van der Waals surface area contributed by atoms with Crippen molar-refractivity contribution < 1.29 is 18.3 Å². The molecule has 1 rings (SSSR count). The molecule has 0 aliphatic heterocycles. The van der Waals surface area contributed by atoms with Crippen LogP contribution in [0.25, 0.3) is 0 Å². The van der Waals surface area contributed by atoms with Crippen molar-refractivity contribution in [1.82, 2.24) is 4.98 Å². The summed E-state index contributed by atoms with van der Waals surface area (Å²) in [6.45, 7) is 1.87. The van der Waals surface area contributed by atoms with Crippen molar-refractivity contribution in [3.63, 3.8) is 0 Å². The van der Waals surface area contributed by atoms with Crippen LogP contribution in [0.1, 0.15) is 30.2 Å². The predicted molar refractivity (Wildman–Crippen MR) is 67.0 cm³/mol. The first-order valence-electron chi connectivity index (χ1n) is 5.02. The number of ether oxygens (including phenoxy) is 1. The molecular weight excluding hydrogens is 357 g/mol. The molecule has 0 spiro atoms. The fraction of sp³-hybridized carbons (Fsp3) is 0.364. The molecule has 0 N–H and O–H groups in total. The van der Waals surface area contributed by atoms with E-state index in [0.717, 1.165) is 6.07 Å². The Labute approximate surface area is 116 Å². The summed E-state index contributed by atoms with van der Waals surface area (Å²) in [7, 11) is 0. The summed E-state index contributed by atoms with van der Waals surface area (Å²) in [4.78, 5) is 15.2. The number of hydrogen-bond donors (Lipinski definition) is 0. The minimum Gasteiger partial charge on any atom is -0.466 e. The molecule has 0 radical (unpaired) electrons. The minimum atomic E-state index is -2.78. The van der Waals surface area contributed by atoms with Crippen LogP contribution in [0.5, 0.6) is 0 Å². The SMILES string of the molecule is CCOC(=O)Cc1cc(C(F)F)c(C#N)c(I)n1.